The molecule has 1 heterocycles. The topological polar surface area (TPSA) is 48.3 Å². The predicted octanol–water partition coefficient (Wildman–Crippen LogP) is 6.83. The molecule has 1 amide bonds. The van der Waals surface area contributed by atoms with Crippen LogP contribution >= 0.6 is 46.8 Å². The second kappa shape index (κ2) is 10.2. The summed E-state index contributed by atoms with van der Waals surface area (Å²) < 4.78 is -0.376. The standard InChI is InChI=1S/C24H19Cl3N4OS/c1-17(32)31-22(24(25,26)27)30(20-15-9-4-10-16-20)23(33-31)29-21(18-11-5-2-6-12-18)28-19-13-7-3-8-14-19/h2-16,22H,1H3. The summed E-state index contributed by atoms with van der Waals surface area (Å²) in [5.74, 6) is 0.211. The first-order valence-corrected chi connectivity index (χ1v) is 11.9. The summed E-state index contributed by atoms with van der Waals surface area (Å²) in [6.45, 7) is 1.43. The minimum atomic E-state index is -1.80. The van der Waals surface area contributed by atoms with Crippen LogP contribution in [0.25, 0.3) is 0 Å². The van der Waals surface area contributed by atoms with Crippen molar-refractivity contribution in [3.05, 3.63) is 96.6 Å². The van der Waals surface area contributed by atoms with Crippen molar-refractivity contribution in [1.29, 1.82) is 0 Å². The number of amidine groups is 2. The highest BCUT2D eigenvalue weighted by atomic mass is 35.6. The van der Waals surface area contributed by atoms with Crippen LogP contribution in [-0.2, 0) is 4.79 Å². The first-order valence-electron chi connectivity index (χ1n) is 10.0. The molecule has 5 nitrogen and oxygen atoms in total. The molecule has 4 rings (SSSR count). The van der Waals surface area contributed by atoms with E-state index in [1.807, 2.05) is 91.0 Å². The van der Waals surface area contributed by atoms with Gasteiger partial charge in [0.05, 0.1) is 5.69 Å². The number of hydrogen-bond acceptors (Lipinski definition) is 3. The van der Waals surface area contributed by atoms with Crippen LogP contribution in [0.1, 0.15) is 12.5 Å². The molecule has 0 spiro atoms. The minimum absolute atomic E-state index is 0.260. The molecule has 1 aliphatic heterocycles. The highest BCUT2D eigenvalue weighted by Crippen LogP contribution is 2.46. The first-order chi connectivity index (χ1) is 15.8. The van der Waals surface area contributed by atoms with Gasteiger partial charge in [-0.2, -0.15) is 0 Å². The molecule has 3 aromatic carbocycles. The Labute approximate surface area is 211 Å². The smallest absolute Gasteiger partial charge is 0.231 e. The van der Waals surface area contributed by atoms with Gasteiger partial charge in [0.25, 0.3) is 0 Å². The lowest BCUT2D eigenvalue weighted by atomic mass is 10.2. The summed E-state index contributed by atoms with van der Waals surface area (Å²) in [4.78, 5) is 23.9. The number of anilines is 1. The van der Waals surface area contributed by atoms with Crippen molar-refractivity contribution in [3.63, 3.8) is 0 Å². The summed E-state index contributed by atoms with van der Waals surface area (Å²) in [7, 11) is 0. The summed E-state index contributed by atoms with van der Waals surface area (Å²) >= 11 is 20.2. The van der Waals surface area contributed by atoms with Crippen LogP contribution in [0.3, 0.4) is 0 Å². The lowest BCUT2D eigenvalue weighted by Gasteiger charge is -2.33. The van der Waals surface area contributed by atoms with Crippen LogP contribution in [0.5, 0.6) is 0 Å². The van der Waals surface area contributed by atoms with Gasteiger partial charge < -0.3 is 0 Å². The number of amides is 1. The number of carbonyl (C=O) groups excluding carboxylic acids is 1. The third kappa shape index (κ3) is 5.53. The second-order valence-corrected chi connectivity index (χ2v) is 10.4. The molecule has 9 heteroatoms. The van der Waals surface area contributed by atoms with Crippen molar-refractivity contribution in [1.82, 2.24) is 4.31 Å². The number of hydrogen-bond donors (Lipinski definition) is 0. The average molecular weight is 518 g/mol. The molecule has 1 unspecified atom stereocenters. The summed E-state index contributed by atoms with van der Waals surface area (Å²) in [6, 6.07) is 28.5. The van der Waals surface area contributed by atoms with Crippen LogP contribution in [0.15, 0.2) is 101 Å². The monoisotopic (exact) mass is 516 g/mol. The fraction of sp³-hybridized carbons (Fsp3) is 0.125. The van der Waals surface area contributed by atoms with E-state index in [-0.39, 0.29) is 5.91 Å². The van der Waals surface area contributed by atoms with Gasteiger partial charge in [0.2, 0.25) is 9.70 Å². The van der Waals surface area contributed by atoms with Gasteiger partial charge in [-0.05, 0) is 24.3 Å². The minimum Gasteiger partial charge on any atom is -0.293 e. The van der Waals surface area contributed by atoms with Crippen molar-refractivity contribution in [2.45, 2.75) is 16.9 Å². The van der Waals surface area contributed by atoms with Gasteiger partial charge >= 0.3 is 0 Å². The molecule has 1 saturated heterocycles. The van der Waals surface area contributed by atoms with Crippen LogP contribution < -0.4 is 4.90 Å². The van der Waals surface area contributed by atoms with E-state index >= 15 is 0 Å². The number of benzene rings is 3. The van der Waals surface area contributed by atoms with Gasteiger partial charge in [-0.15, -0.1) is 0 Å². The van der Waals surface area contributed by atoms with Crippen molar-refractivity contribution in [2.75, 3.05) is 4.90 Å². The number of halogens is 3. The number of carbonyl (C=O) groups is 1. The highest BCUT2D eigenvalue weighted by Gasteiger charge is 2.51. The van der Waals surface area contributed by atoms with E-state index < -0.39 is 9.96 Å². The Morgan fingerprint density at radius 3 is 1.97 bits per heavy atom. The Kier molecular flexibility index (Phi) is 7.29. The van der Waals surface area contributed by atoms with Gasteiger partial charge in [-0.3, -0.25) is 14.0 Å². The molecule has 0 aliphatic carbocycles. The average Bonchev–Trinajstić information content (AvgIpc) is 3.21. The van der Waals surface area contributed by atoms with Gasteiger partial charge in [0, 0.05) is 30.1 Å². The normalized spacial score (nSPS) is 18.1. The summed E-state index contributed by atoms with van der Waals surface area (Å²) in [5.41, 5.74) is 2.29. The fourth-order valence-corrected chi connectivity index (χ4v) is 5.11. The van der Waals surface area contributed by atoms with Crippen molar-refractivity contribution < 1.29 is 4.79 Å². The first kappa shape index (κ1) is 23.6. The zero-order chi connectivity index (χ0) is 23.4. The van der Waals surface area contributed by atoms with Crippen molar-refractivity contribution >= 4 is 75.0 Å². The molecule has 1 aliphatic rings. The van der Waals surface area contributed by atoms with E-state index in [0.717, 1.165) is 28.9 Å². The Bertz CT molecular complexity index is 1170. The molecule has 168 valence electrons. The zero-order valence-corrected chi connectivity index (χ0v) is 20.6. The summed E-state index contributed by atoms with van der Waals surface area (Å²) in [5, 5.41) is 0.464. The predicted molar refractivity (Wildman–Crippen MR) is 140 cm³/mol. The van der Waals surface area contributed by atoms with E-state index in [0.29, 0.717) is 11.0 Å². The van der Waals surface area contributed by atoms with Crippen LogP contribution in [0, 0.1) is 0 Å². The molecule has 33 heavy (non-hydrogen) atoms. The molecule has 1 fully saturated rings. The van der Waals surface area contributed by atoms with Gasteiger partial charge in [-0.25, -0.2) is 9.98 Å². The number of nitrogens with zero attached hydrogens (tertiary/aromatic N) is 4. The molecule has 0 N–H and O–H groups in total. The SMILES string of the molecule is CC(=O)N1SC(=NC(=Nc2ccccc2)c2ccccc2)N(c2ccccc2)C1C(Cl)(Cl)Cl. The number of rotatable bonds is 3. The highest BCUT2D eigenvalue weighted by molar-refractivity contribution is 8.13. The Hall–Kier alpha value is -2.51. The van der Waals surface area contributed by atoms with Crippen LogP contribution in [-0.4, -0.2) is 31.2 Å². The third-order valence-corrected chi connectivity index (χ3v) is 6.41. The number of para-hydroxylation sites is 2. The largest absolute Gasteiger partial charge is 0.293 e. The van der Waals surface area contributed by atoms with Crippen LogP contribution in [0.4, 0.5) is 11.4 Å². The molecular formula is C24H19Cl3N4OS. The van der Waals surface area contributed by atoms with Gasteiger partial charge in [0.15, 0.2) is 17.2 Å². The van der Waals surface area contributed by atoms with E-state index in [1.165, 1.54) is 11.2 Å². The quantitative estimate of drug-likeness (QED) is 0.165. The van der Waals surface area contributed by atoms with E-state index in [4.69, 9.17) is 44.8 Å². The van der Waals surface area contributed by atoms with E-state index in [9.17, 15) is 4.79 Å². The van der Waals surface area contributed by atoms with Gasteiger partial charge in [-0.1, -0.05) is 102 Å². The molecule has 0 aromatic heterocycles. The lowest BCUT2D eigenvalue weighted by molar-refractivity contribution is -0.124. The Morgan fingerprint density at radius 1 is 0.879 bits per heavy atom. The second-order valence-electron chi connectivity index (χ2n) is 7.09. The number of aliphatic imine (C=N–C) groups is 2. The molecular weight excluding hydrogens is 499 g/mol. The van der Waals surface area contributed by atoms with Crippen molar-refractivity contribution in [2.24, 2.45) is 9.98 Å². The Morgan fingerprint density at radius 2 is 1.42 bits per heavy atom. The zero-order valence-electron chi connectivity index (χ0n) is 17.5. The molecule has 0 bridgehead atoms. The molecule has 1 atom stereocenters. The van der Waals surface area contributed by atoms with Crippen molar-refractivity contribution in [3.8, 4) is 0 Å². The maximum Gasteiger partial charge on any atom is 0.231 e. The van der Waals surface area contributed by atoms with Crippen LogP contribution in [0.2, 0.25) is 0 Å². The van der Waals surface area contributed by atoms with E-state index in [1.54, 1.807) is 4.90 Å². The summed E-state index contributed by atoms with van der Waals surface area (Å²) in [6.07, 6.45) is -0.903. The Balaban J connectivity index is 1.89. The lowest BCUT2D eigenvalue weighted by Crippen LogP contribution is -2.49. The number of alkyl halides is 3. The molecule has 0 saturated carbocycles. The molecule has 0 radical (unpaired) electrons. The fourth-order valence-electron chi connectivity index (χ4n) is 3.28. The molecule has 3 aromatic rings. The van der Waals surface area contributed by atoms with E-state index in [2.05, 4.69) is 0 Å². The maximum absolute atomic E-state index is 12.5. The third-order valence-electron chi connectivity index (χ3n) is 4.72. The maximum atomic E-state index is 12.5. The van der Waals surface area contributed by atoms with Gasteiger partial charge in [0.1, 0.15) is 0 Å².